The number of hydrogen-bond donors (Lipinski definition) is 0. The second kappa shape index (κ2) is 4.85. The lowest BCUT2D eigenvalue weighted by Gasteiger charge is -2.04. The van der Waals surface area contributed by atoms with E-state index in [0.717, 1.165) is 5.92 Å². The van der Waals surface area contributed by atoms with E-state index in [2.05, 4.69) is 60.7 Å². The fourth-order valence-corrected chi connectivity index (χ4v) is 1.47. The van der Waals surface area contributed by atoms with E-state index in [1.807, 2.05) is 0 Å². The van der Waals surface area contributed by atoms with Gasteiger partial charge in [-0.3, -0.25) is 0 Å². The highest BCUT2D eigenvalue weighted by atomic mass is 127. The molecule has 0 aliphatic carbocycles. The summed E-state index contributed by atoms with van der Waals surface area (Å²) in [6, 6.07) is 8.81. The first-order valence-corrected chi connectivity index (χ1v) is 5.51. The lowest BCUT2D eigenvalue weighted by molar-refractivity contribution is 0.586. The first-order chi connectivity index (χ1) is 5.68. The van der Waals surface area contributed by atoms with Gasteiger partial charge in [0.1, 0.15) is 0 Å². The molecule has 12 heavy (non-hydrogen) atoms. The normalized spacial score (nSPS) is 10.7. The van der Waals surface area contributed by atoms with E-state index >= 15 is 0 Å². The Labute approximate surface area is 88.5 Å². The van der Waals surface area contributed by atoms with E-state index < -0.39 is 0 Å². The molecule has 0 nitrogen and oxygen atoms in total. The van der Waals surface area contributed by atoms with Crippen LogP contribution in [-0.4, -0.2) is 0 Å². The van der Waals surface area contributed by atoms with Crippen molar-refractivity contribution in [3.63, 3.8) is 0 Å². The van der Waals surface area contributed by atoms with Crippen LogP contribution in [0.25, 0.3) is 0 Å². The number of halogens is 1. The lowest BCUT2D eigenvalue weighted by Crippen LogP contribution is -1.91. The third-order valence-corrected chi connectivity index (χ3v) is 2.64. The molecular weight excluding hydrogens is 259 g/mol. The Balaban J connectivity index is 2.48. The van der Waals surface area contributed by atoms with Crippen LogP contribution in [0.4, 0.5) is 0 Å². The van der Waals surface area contributed by atoms with Gasteiger partial charge in [0.15, 0.2) is 0 Å². The summed E-state index contributed by atoms with van der Waals surface area (Å²) < 4.78 is 1.32. The molecule has 0 spiro atoms. The van der Waals surface area contributed by atoms with Crippen molar-refractivity contribution >= 4 is 22.6 Å². The Hall–Kier alpha value is -0.0500. The zero-order valence-corrected chi connectivity index (χ0v) is 9.84. The standard InChI is InChI=1S/C11H15I/c1-9(2)3-4-10-5-7-11(12)8-6-10/h5-9H,3-4H2,1-2H3. The van der Waals surface area contributed by atoms with Crippen LogP contribution >= 0.6 is 22.6 Å². The Bertz CT molecular complexity index is 223. The Morgan fingerprint density at radius 2 is 1.75 bits per heavy atom. The predicted molar refractivity (Wildman–Crippen MR) is 62.3 cm³/mol. The highest BCUT2D eigenvalue weighted by molar-refractivity contribution is 14.1. The molecular formula is C11H15I. The second-order valence-electron chi connectivity index (χ2n) is 3.56. The summed E-state index contributed by atoms with van der Waals surface area (Å²) in [5.74, 6) is 0.810. The van der Waals surface area contributed by atoms with E-state index in [9.17, 15) is 0 Å². The maximum Gasteiger partial charge on any atom is 0.0130 e. The summed E-state index contributed by atoms with van der Waals surface area (Å²) in [5, 5.41) is 0. The van der Waals surface area contributed by atoms with Crippen molar-refractivity contribution in [1.29, 1.82) is 0 Å². The van der Waals surface area contributed by atoms with Gasteiger partial charge in [-0.25, -0.2) is 0 Å². The minimum atomic E-state index is 0.810. The molecule has 0 unspecified atom stereocenters. The van der Waals surface area contributed by atoms with Crippen molar-refractivity contribution in [1.82, 2.24) is 0 Å². The Morgan fingerprint density at radius 3 is 2.25 bits per heavy atom. The molecule has 1 heteroatoms. The lowest BCUT2D eigenvalue weighted by atomic mass is 10.0. The van der Waals surface area contributed by atoms with Gasteiger partial charge in [-0.15, -0.1) is 0 Å². The topological polar surface area (TPSA) is 0 Å². The Kier molecular flexibility index (Phi) is 4.06. The predicted octanol–water partition coefficient (Wildman–Crippen LogP) is 3.88. The van der Waals surface area contributed by atoms with Gasteiger partial charge in [-0.2, -0.15) is 0 Å². The fourth-order valence-electron chi connectivity index (χ4n) is 1.11. The number of aryl methyl sites for hydroxylation is 1. The van der Waals surface area contributed by atoms with E-state index in [0.29, 0.717) is 0 Å². The Morgan fingerprint density at radius 1 is 1.17 bits per heavy atom. The SMILES string of the molecule is CC(C)CCc1ccc(I)cc1. The van der Waals surface area contributed by atoms with Crippen molar-refractivity contribution in [2.45, 2.75) is 26.7 Å². The van der Waals surface area contributed by atoms with Gasteiger partial charge in [0.25, 0.3) is 0 Å². The quantitative estimate of drug-likeness (QED) is 0.734. The summed E-state index contributed by atoms with van der Waals surface area (Å²) in [6.45, 7) is 4.54. The van der Waals surface area contributed by atoms with Crippen LogP contribution in [0.15, 0.2) is 24.3 Å². The van der Waals surface area contributed by atoms with Crippen LogP contribution in [0.3, 0.4) is 0 Å². The molecule has 0 aliphatic heterocycles. The van der Waals surface area contributed by atoms with Gasteiger partial charge in [0.2, 0.25) is 0 Å². The average molecular weight is 274 g/mol. The van der Waals surface area contributed by atoms with Crippen LogP contribution in [0, 0.1) is 9.49 Å². The van der Waals surface area contributed by atoms with Gasteiger partial charge >= 0.3 is 0 Å². The smallest absolute Gasteiger partial charge is 0.0130 e. The van der Waals surface area contributed by atoms with E-state index in [1.165, 1.54) is 22.0 Å². The van der Waals surface area contributed by atoms with Crippen LogP contribution in [0.1, 0.15) is 25.8 Å². The molecule has 1 rings (SSSR count). The molecule has 0 heterocycles. The minimum absolute atomic E-state index is 0.810. The molecule has 1 aromatic rings. The third kappa shape index (κ3) is 3.57. The molecule has 0 saturated carbocycles. The molecule has 0 fully saturated rings. The van der Waals surface area contributed by atoms with E-state index in [-0.39, 0.29) is 0 Å². The van der Waals surface area contributed by atoms with E-state index in [1.54, 1.807) is 0 Å². The molecule has 0 bridgehead atoms. The highest BCUT2D eigenvalue weighted by Crippen LogP contribution is 2.11. The summed E-state index contributed by atoms with van der Waals surface area (Å²) in [5.41, 5.74) is 1.46. The molecule has 1 aromatic carbocycles. The molecule has 66 valence electrons. The maximum atomic E-state index is 2.34. The average Bonchev–Trinajstić information content (AvgIpc) is 2.03. The van der Waals surface area contributed by atoms with Gasteiger partial charge in [0, 0.05) is 3.57 Å². The first-order valence-electron chi connectivity index (χ1n) is 4.43. The van der Waals surface area contributed by atoms with E-state index in [4.69, 9.17) is 0 Å². The van der Waals surface area contributed by atoms with Crippen molar-refractivity contribution < 1.29 is 0 Å². The highest BCUT2D eigenvalue weighted by Gasteiger charge is 1.96. The number of benzene rings is 1. The monoisotopic (exact) mass is 274 g/mol. The molecule has 0 radical (unpaired) electrons. The minimum Gasteiger partial charge on any atom is -0.0628 e. The largest absolute Gasteiger partial charge is 0.0628 e. The maximum absolute atomic E-state index is 2.34. The first kappa shape index (κ1) is 10.0. The van der Waals surface area contributed by atoms with Crippen molar-refractivity contribution in [3.8, 4) is 0 Å². The molecule has 0 N–H and O–H groups in total. The van der Waals surface area contributed by atoms with Crippen LogP contribution < -0.4 is 0 Å². The summed E-state index contributed by atoms with van der Waals surface area (Å²) >= 11 is 2.34. The van der Waals surface area contributed by atoms with Crippen LogP contribution in [0.5, 0.6) is 0 Å². The van der Waals surface area contributed by atoms with Gasteiger partial charge in [-0.05, 0) is 59.0 Å². The molecule has 0 saturated heterocycles. The van der Waals surface area contributed by atoms with Gasteiger partial charge in [0.05, 0.1) is 0 Å². The van der Waals surface area contributed by atoms with Crippen molar-refractivity contribution in [2.75, 3.05) is 0 Å². The van der Waals surface area contributed by atoms with Crippen molar-refractivity contribution in [2.24, 2.45) is 5.92 Å². The molecule has 0 aliphatic rings. The molecule has 0 aromatic heterocycles. The second-order valence-corrected chi connectivity index (χ2v) is 4.80. The molecule has 0 atom stereocenters. The van der Waals surface area contributed by atoms with Crippen LogP contribution in [0.2, 0.25) is 0 Å². The molecule has 0 amide bonds. The summed E-state index contributed by atoms with van der Waals surface area (Å²) in [7, 11) is 0. The summed E-state index contributed by atoms with van der Waals surface area (Å²) in [6.07, 6.45) is 2.51. The number of rotatable bonds is 3. The van der Waals surface area contributed by atoms with Gasteiger partial charge in [-0.1, -0.05) is 26.0 Å². The van der Waals surface area contributed by atoms with Gasteiger partial charge < -0.3 is 0 Å². The summed E-state index contributed by atoms with van der Waals surface area (Å²) in [4.78, 5) is 0. The van der Waals surface area contributed by atoms with Crippen molar-refractivity contribution in [3.05, 3.63) is 33.4 Å². The third-order valence-electron chi connectivity index (χ3n) is 1.92. The zero-order valence-electron chi connectivity index (χ0n) is 7.68. The van der Waals surface area contributed by atoms with Crippen LogP contribution in [-0.2, 0) is 6.42 Å². The number of hydrogen-bond acceptors (Lipinski definition) is 0. The fraction of sp³-hybridized carbons (Fsp3) is 0.455. The zero-order chi connectivity index (χ0) is 8.97.